The molecule has 1 aromatic rings. The molecule has 1 aromatic carbocycles. The summed E-state index contributed by atoms with van der Waals surface area (Å²) >= 11 is 0. The average molecular weight is 342 g/mol. The number of nitrogens with one attached hydrogen (secondary N) is 1. The van der Waals surface area contributed by atoms with Crippen LogP contribution in [0.1, 0.15) is 25.3 Å². The zero-order valence-corrected chi connectivity index (χ0v) is 15.3. The molecule has 4 heterocycles. The van der Waals surface area contributed by atoms with Gasteiger partial charge in [-0.25, -0.2) is 4.79 Å². The van der Waals surface area contributed by atoms with E-state index in [1.165, 1.54) is 38.0 Å². The molecule has 25 heavy (non-hydrogen) atoms. The van der Waals surface area contributed by atoms with Gasteiger partial charge in [-0.3, -0.25) is 4.90 Å². The van der Waals surface area contributed by atoms with Crippen molar-refractivity contribution < 1.29 is 4.79 Å². The molecule has 4 aliphatic heterocycles. The van der Waals surface area contributed by atoms with Crippen LogP contribution in [-0.2, 0) is 6.42 Å². The van der Waals surface area contributed by atoms with Crippen LogP contribution in [0.2, 0.25) is 0 Å². The molecule has 5 rings (SSSR count). The van der Waals surface area contributed by atoms with E-state index < -0.39 is 0 Å². The molecule has 4 saturated heterocycles. The zero-order valence-electron chi connectivity index (χ0n) is 15.3. The molecule has 5 heteroatoms. The average Bonchev–Trinajstić information content (AvgIpc) is 2.69. The van der Waals surface area contributed by atoms with E-state index in [9.17, 15) is 4.79 Å². The Kier molecular flexibility index (Phi) is 4.95. The molecule has 0 saturated carbocycles. The number of carbonyl (C=O) groups is 1. The molecule has 2 amide bonds. The molecule has 1 N–H and O–H groups in total. The number of rotatable bonds is 3. The van der Waals surface area contributed by atoms with Crippen LogP contribution in [0, 0.1) is 5.92 Å². The van der Waals surface area contributed by atoms with Crippen molar-refractivity contribution in [2.45, 2.75) is 32.2 Å². The maximum absolute atomic E-state index is 12.6. The van der Waals surface area contributed by atoms with E-state index >= 15 is 0 Å². The molecule has 136 valence electrons. The first-order valence-electron chi connectivity index (χ1n) is 9.84. The van der Waals surface area contributed by atoms with Gasteiger partial charge in [-0.05, 0) is 56.0 Å². The van der Waals surface area contributed by atoms with Crippen LogP contribution in [-0.4, -0.2) is 72.6 Å². The second-order valence-corrected chi connectivity index (χ2v) is 7.71. The van der Waals surface area contributed by atoms with Gasteiger partial charge in [-0.15, -0.1) is 0 Å². The summed E-state index contributed by atoms with van der Waals surface area (Å²) in [6, 6.07) is 8.92. The van der Waals surface area contributed by atoms with E-state index in [1.807, 2.05) is 17.0 Å². The van der Waals surface area contributed by atoms with E-state index in [-0.39, 0.29) is 6.03 Å². The first-order chi connectivity index (χ1) is 12.2. The van der Waals surface area contributed by atoms with Gasteiger partial charge in [0.2, 0.25) is 0 Å². The number of nitrogens with zero attached hydrogens (tertiary/aromatic N) is 3. The second kappa shape index (κ2) is 7.34. The van der Waals surface area contributed by atoms with Crippen molar-refractivity contribution in [1.82, 2.24) is 14.7 Å². The molecular weight excluding hydrogens is 312 g/mol. The van der Waals surface area contributed by atoms with Crippen molar-refractivity contribution >= 4 is 11.7 Å². The van der Waals surface area contributed by atoms with Gasteiger partial charge in [-0.2, -0.15) is 0 Å². The van der Waals surface area contributed by atoms with Crippen LogP contribution in [0.15, 0.2) is 24.3 Å². The Morgan fingerprint density at radius 2 is 1.88 bits per heavy atom. The number of aryl methyl sites for hydroxylation is 1. The number of hydrogen-bond donors (Lipinski definition) is 1. The highest BCUT2D eigenvalue weighted by atomic mass is 16.2. The van der Waals surface area contributed by atoms with Crippen molar-refractivity contribution in [3.63, 3.8) is 0 Å². The van der Waals surface area contributed by atoms with E-state index in [0.29, 0.717) is 6.04 Å². The molecule has 0 aliphatic carbocycles. The number of hydrogen-bond acceptors (Lipinski definition) is 3. The summed E-state index contributed by atoms with van der Waals surface area (Å²) in [5.74, 6) is 0.877. The van der Waals surface area contributed by atoms with E-state index in [0.717, 1.165) is 44.2 Å². The lowest BCUT2D eigenvalue weighted by Crippen LogP contribution is -2.61. The molecule has 0 radical (unpaired) electrons. The van der Waals surface area contributed by atoms with Crippen LogP contribution in [0.25, 0.3) is 0 Å². The second-order valence-electron chi connectivity index (χ2n) is 7.71. The fourth-order valence-electron chi connectivity index (χ4n) is 4.68. The fourth-order valence-corrected chi connectivity index (χ4v) is 4.68. The Morgan fingerprint density at radius 1 is 1.12 bits per heavy atom. The van der Waals surface area contributed by atoms with Gasteiger partial charge in [0.1, 0.15) is 0 Å². The van der Waals surface area contributed by atoms with Crippen molar-refractivity contribution in [2.24, 2.45) is 5.92 Å². The SMILES string of the molecule is CCc1cccc(NC(=O)N2CCN([C@@H]3CN4CCC3CC4)CC2)c1. The lowest BCUT2D eigenvalue weighted by Gasteiger charge is -2.50. The highest BCUT2D eigenvalue weighted by molar-refractivity contribution is 5.89. The molecule has 0 spiro atoms. The van der Waals surface area contributed by atoms with Crippen LogP contribution in [0.3, 0.4) is 0 Å². The van der Waals surface area contributed by atoms with E-state index in [4.69, 9.17) is 0 Å². The number of amides is 2. The highest BCUT2D eigenvalue weighted by Crippen LogP contribution is 2.31. The topological polar surface area (TPSA) is 38.8 Å². The van der Waals surface area contributed by atoms with Gasteiger partial charge in [0.05, 0.1) is 0 Å². The maximum atomic E-state index is 12.6. The predicted octanol–water partition coefficient (Wildman–Crippen LogP) is 2.49. The first kappa shape index (κ1) is 16.9. The number of anilines is 1. The highest BCUT2D eigenvalue weighted by Gasteiger charge is 2.38. The number of piperidine rings is 3. The van der Waals surface area contributed by atoms with Crippen molar-refractivity contribution in [2.75, 3.05) is 51.1 Å². The number of piperazine rings is 1. The first-order valence-corrected chi connectivity index (χ1v) is 9.84. The minimum absolute atomic E-state index is 0.0433. The van der Waals surface area contributed by atoms with Crippen LogP contribution >= 0.6 is 0 Å². The predicted molar refractivity (Wildman–Crippen MR) is 101 cm³/mol. The van der Waals surface area contributed by atoms with Gasteiger partial charge < -0.3 is 15.1 Å². The standard InChI is InChI=1S/C20H30N4O/c1-2-16-4-3-5-18(14-16)21-20(25)24-12-10-23(11-13-24)19-15-22-8-6-17(19)7-9-22/h3-5,14,17,19H,2,6-13,15H2,1H3,(H,21,25)/t19-/m1/s1. The summed E-state index contributed by atoms with van der Waals surface area (Å²) < 4.78 is 0. The molecule has 1 atom stereocenters. The molecule has 4 fully saturated rings. The number of fused-ring (bicyclic) bond motifs is 3. The molecular formula is C20H30N4O. The monoisotopic (exact) mass is 342 g/mol. The lowest BCUT2D eigenvalue weighted by molar-refractivity contribution is -0.00971. The van der Waals surface area contributed by atoms with Crippen LogP contribution < -0.4 is 5.32 Å². The van der Waals surface area contributed by atoms with E-state index in [1.54, 1.807) is 0 Å². The normalized spacial score (nSPS) is 29.6. The third-order valence-corrected chi connectivity index (χ3v) is 6.28. The van der Waals surface area contributed by atoms with Crippen molar-refractivity contribution in [3.05, 3.63) is 29.8 Å². The Balaban J connectivity index is 1.30. The smallest absolute Gasteiger partial charge is 0.321 e. The fraction of sp³-hybridized carbons (Fsp3) is 0.650. The Hall–Kier alpha value is -1.59. The van der Waals surface area contributed by atoms with Crippen molar-refractivity contribution in [3.8, 4) is 0 Å². The quantitative estimate of drug-likeness (QED) is 0.917. The third-order valence-electron chi connectivity index (χ3n) is 6.28. The Labute approximate surface area is 151 Å². The number of urea groups is 1. The van der Waals surface area contributed by atoms with Gasteiger partial charge in [0.25, 0.3) is 0 Å². The summed E-state index contributed by atoms with van der Waals surface area (Å²) in [4.78, 5) is 19.8. The molecule has 0 aromatic heterocycles. The number of carbonyl (C=O) groups excluding carboxylic acids is 1. The van der Waals surface area contributed by atoms with Crippen LogP contribution in [0.5, 0.6) is 0 Å². The number of benzene rings is 1. The van der Waals surface area contributed by atoms with Gasteiger partial charge in [0, 0.05) is 44.5 Å². The lowest BCUT2D eigenvalue weighted by atomic mass is 9.83. The van der Waals surface area contributed by atoms with E-state index in [2.05, 4.69) is 34.2 Å². The zero-order chi connectivity index (χ0) is 17.2. The summed E-state index contributed by atoms with van der Waals surface area (Å²) in [5.41, 5.74) is 2.16. The largest absolute Gasteiger partial charge is 0.322 e. The summed E-state index contributed by atoms with van der Waals surface area (Å²) in [5, 5.41) is 3.07. The summed E-state index contributed by atoms with van der Waals surface area (Å²) in [6.45, 7) is 9.65. The summed E-state index contributed by atoms with van der Waals surface area (Å²) in [7, 11) is 0. The minimum atomic E-state index is 0.0433. The summed E-state index contributed by atoms with van der Waals surface area (Å²) in [6.07, 6.45) is 3.71. The Bertz CT molecular complexity index is 603. The van der Waals surface area contributed by atoms with Gasteiger partial charge in [0.15, 0.2) is 0 Å². The third kappa shape index (κ3) is 3.67. The molecule has 4 aliphatic rings. The minimum Gasteiger partial charge on any atom is -0.322 e. The van der Waals surface area contributed by atoms with Crippen LogP contribution in [0.4, 0.5) is 10.5 Å². The molecule has 5 nitrogen and oxygen atoms in total. The molecule has 0 unspecified atom stereocenters. The molecule has 2 bridgehead atoms. The van der Waals surface area contributed by atoms with Gasteiger partial charge >= 0.3 is 6.03 Å². The Morgan fingerprint density at radius 3 is 2.52 bits per heavy atom. The van der Waals surface area contributed by atoms with Gasteiger partial charge in [-0.1, -0.05) is 19.1 Å². The van der Waals surface area contributed by atoms with Crippen molar-refractivity contribution in [1.29, 1.82) is 0 Å². The maximum Gasteiger partial charge on any atom is 0.321 e.